The molecule has 7 heteroatoms. The molecule has 0 spiro atoms. The van der Waals surface area contributed by atoms with E-state index in [0.717, 1.165) is 22.4 Å². The number of rotatable bonds is 3. The molecule has 5 nitrogen and oxygen atoms in total. The highest BCUT2D eigenvalue weighted by molar-refractivity contribution is 5.87. The monoisotopic (exact) mass is 388 g/mol. The van der Waals surface area contributed by atoms with E-state index in [0.29, 0.717) is 16.7 Å². The Labute approximate surface area is 163 Å². The van der Waals surface area contributed by atoms with E-state index in [1.807, 2.05) is 18.2 Å². The Kier molecular flexibility index (Phi) is 3.87. The van der Waals surface area contributed by atoms with Crippen LogP contribution < -0.4 is 5.69 Å². The van der Waals surface area contributed by atoms with Gasteiger partial charge in [0.1, 0.15) is 11.6 Å². The third-order valence-electron chi connectivity index (χ3n) is 4.85. The van der Waals surface area contributed by atoms with Gasteiger partial charge in [-0.2, -0.15) is 5.10 Å². The summed E-state index contributed by atoms with van der Waals surface area (Å²) in [6.07, 6.45) is 1.69. The van der Waals surface area contributed by atoms with Crippen LogP contribution in [-0.2, 0) is 0 Å². The minimum atomic E-state index is -0.371. The Morgan fingerprint density at radius 1 is 0.828 bits per heavy atom. The number of imidazole rings is 1. The minimum Gasteiger partial charge on any atom is -0.305 e. The first kappa shape index (κ1) is 17.1. The van der Waals surface area contributed by atoms with E-state index in [4.69, 9.17) is 0 Å². The van der Waals surface area contributed by atoms with E-state index < -0.39 is 0 Å². The summed E-state index contributed by atoms with van der Waals surface area (Å²) >= 11 is 0. The number of hydrogen-bond donors (Lipinski definition) is 2. The second-order valence-corrected chi connectivity index (χ2v) is 6.64. The fraction of sp³-hybridized carbons (Fsp3) is 0. The second kappa shape index (κ2) is 6.56. The van der Waals surface area contributed by atoms with Crippen molar-refractivity contribution in [2.75, 3.05) is 0 Å². The maximum Gasteiger partial charge on any atom is 0.331 e. The van der Waals surface area contributed by atoms with Gasteiger partial charge in [-0.3, -0.25) is 9.67 Å². The summed E-state index contributed by atoms with van der Waals surface area (Å²) in [5.41, 5.74) is 4.76. The normalized spacial score (nSPS) is 11.2. The molecule has 0 radical (unpaired) electrons. The van der Waals surface area contributed by atoms with Gasteiger partial charge < -0.3 is 4.98 Å². The molecule has 142 valence electrons. The lowest BCUT2D eigenvalue weighted by Crippen LogP contribution is -2.14. The average molecular weight is 388 g/mol. The number of benzene rings is 3. The van der Waals surface area contributed by atoms with Crippen molar-refractivity contribution < 1.29 is 8.78 Å². The summed E-state index contributed by atoms with van der Waals surface area (Å²) in [6, 6.07) is 17.4. The van der Waals surface area contributed by atoms with Gasteiger partial charge in [0.2, 0.25) is 0 Å². The first-order chi connectivity index (χ1) is 14.1. The van der Waals surface area contributed by atoms with Crippen LogP contribution in [-0.4, -0.2) is 19.7 Å². The van der Waals surface area contributed by atoms with Gasteiger partial charge >= 0.3 is 5.69 Å². The van der Waals surface area contributed by atoms with Crippen LogP contribution in [0.15, 0.2) is 77.7 Å². The highest BCUT2D eigenvalue weighted by Gasteiger charge is 2.14. The topological polar surface area (TPSA) is 66.5 Å². The quantitative estimate of drug-likeness (QED) is 0.472. The first-order valence-corrected chi connectivity index (χ1v) is 8.90. The summed E-state index contributed by atoms with van der Waals surface area (Å²) in [5, 5.41) is 7.09. The summed E-state index contributed by atoms with van der Waals surface area (Å²) < 4.78 is 28.1. The van der Waals surface area contributed by atoms with Crippen molar-refractivity contribution in [1.82, 2.24) is 19.7 Å². The molecule has 0 saturated carbocycles. The Bertz CT molecular complexity index is 1380. The number of H-pyrrole nitrogens is 2. The SMILES string of the molecule is O=c1[nH]c2ccc(-c3cn[nH]c3-c3ccc(F)cc3)cc2n1-c1ccc(F)cc1. The minimum absolute atomic E-state index is 0.310. The maximum absolute atomic E-state index is 13.3. The Balaban J connectivity index is 1.68. The van der Waals surface area contributed by atoms with Crippen LogP contribution in [0.2, 0.25) is 0 Å². The van der Waals surface area contributed by atoms with Gasteiger partial charge in [0.15, 0.2) is 0 Å². The van der Waals surface area contributed by atoms with Crippen molar-refractivity contribution in [2.45, 2.75) is 0 Å². The highest BCUT2D eigenvalue weighted by atomic mass is 19.1. The molecule has 5 aromatic rings. The van der Waals surface area contributed by atoms with E-state index in [9.17, 15) is 13.6 Å². The molecule has 0 saturated heterocycles. The average Bonchev–Trinajstić information content (AvgIpc) is 3.33. The van der Waals surface area contributed by atoms with Gasteiger partial charge in [-0.25, -0.2) is 13.6 Å². The molecule has 0 atom stereocenters. The molecule has 3 aromatic carbocycles. The lowest BCUT2D eigenvalue weighted by molar-refractivity contribution is 0.627. The van der Waals surface area contributed by atoms with Gasteiger partial charge in [0.05, 0.1) is 28.6 Å². The van der Waals surface area contributed by atoms with Gasteiger partial charge in [-0.1, -0.05) is 6.07 Å². The molecule has 5 rings (SSSR count). The van der Waals surface area contributed by atoms with E-state index in [1.54, 1.807) is 30.5 Å². The molecule has 29 heavy (non-hydrogen) atoms. The standard InChI is InChI=1S/C22H14F2N4O/c23-15-4-1-13(2-5-15)21-18(12-25-27-21)14-3-10-19-20(11-14)28(22(29)26-19)17-8-6-16(24)7-9-17/h1-12H,(H,25,27)(H,26,29). The molecule has 0 unspecified atom stereocenters. The molecule has 0 amide bonds. The van der Waals surface area contributed by atoms with Crippen LogP contribution in [0.5, 0.6) is 0 Å². The fourth-order valence-corrected chi connectivity index (χ4v) is 3.46. The first-order valence-electron chi connectivity index (χ1n) is 8.90. The van der Waals surface area contributed by atoms with Crippen LogP contribution in [0, 0.1) is 11.6 Å². The van der Waals surface area contributed by atoms with Crippen molar-refractivity contribution in [2.24, 2.45) is 0 Å². The van der Waals surface area contributed by atoms with Crippen LogP contribution in [0.3, 0.4) is 0 Å². The fourth-order valence-electron chi connectivity index (χ4n) is 3.46. The maximum atomic E-state index is 13.3. The van der Waals surface area contributed by atoms with Crippen LogP contribution >= 0.6 is 0 Å². The van der Waals surface area contributed by atoms with E-state index in [-0.39, 0.29) is 17.3 Å². The van der Waals surface area contributed by atoms with Crippen molar-refractivity contribution in [3.8, 4) is 28.1 Å². The third kappa shape index (κ3) is 2.93. The zero-order chi connectivity index (χ0) is 20.0. The molecule has 0 aliphatic heterocycles. The number of nitrogens with one attached hydrogen (secondary N) is 2. The molecule has 0 aliphatic rings. The lowest BCUT2D eigenvalue weighted by atomic mass is 10.0. The zero-order valence-electron chi connectivity index (χ0n) is 15.0. The predicted octanol–water partition coefficient (Wildman–Crippen LogP) is 4.65. The van der Waals surface area contributed by atoms with Crippen molar-refractivity contribution in [3.05, 3.63) is 95.0 Å². The molecule has 2 aromatic heterocycles. The Morgan fingerprint density at radius 2 is 1.48 bits per heavy atom. The van der Waals surface area contributed by atoms with Gasteiger partial charge in [-0.05, 0) is 66.2 Å². The van der Waals surface area contributed by atoms with Crippen LogP contribution in [0.4, 0.5) is 8.78 Å². The Morgan fingerprint density at radius 3 is 2.21 bits per heavy atom. The van der Waals surface area contributed by atoms with Crippen molar-refractivity contribution in [1.29, 1.82) is 0 Å². The van der Waals surface area contributed by atoms with Gasteiger partial charge in [-0.15, -0.1) is 0 Å². The van der Waals surface area contributed by atoms with E-state index in [1.165, 1.54) is 28.8 Å². The molecule has 2 N–H and O–H groups in total. The highest BCUT2D eigenvalue weighted by Crippen LogP contribution is 2.32. The van der Waals surface area contributed by atoms with Gasteiger partial charge in [0.25, 0.3) is 0 Å². The molecule has 0 bridgehead atoms. The molecule has 0 aliphatic carbocycles. The number of aromatic nitrogens is 4. The number of aromatic amines is 2. The molecular weight excluding hydrogens is 374 g/mol. The zero-order valence-corrected chi connectivity index (χ0v) is 15.0. The van der Waals surface area contributed by atoms with Crippen molar-refractivity contribution in [3.63, 3.8) is 0 Å². The predicted molar refractivity (Wildman–Crippen MR) is 107 cm³/mol. The number of halogens is 2. The van der Waals surface area contributed by atoms with Crippen molar-refractivity contribution >= 4 is 11.0 Å². The smallest absolute Gasteiger partial charge is 0.305 e. The second-order valence-electron chi connectivity index (χ2n) is 6.64. The molecular formula is C22H14F2N4O. The van der Waals surface area contributed by atoms with Crippen LogP contribution in [0.1, 0.15) is 0 Å². The number of hydrogen-bond acceptors (Lipinski definition) is 2. The summed E-state index contributed by atoms with van der Waals surface area (Å²) in [6.45, 7) is 0. The lowest BCUT2D eigenvalue weighted by Gasteiger charge is -2.07. The molecule has 2 heterocycles. The number of fused-ring (bicyclic) bond motifs is 1. The third-order valence-corrected chi connectivity index (χ3v) is 4.85. The van der Waals surface area contributed by atoms with Gasteiger partial charge in [0, 0.05) is 11.1 Å². The van der Waals surface area contributed by atoms with Crippen LogP contribution in [0.25, 0.3) is 39.1 Å². The van der Waals surface area contributed by atoms with E-state index >= 15 is 0 Å². The summed E-state index contributed by atoms with van der Waals surface area (Å²) in [7, 11) is 0. The largest absolute Gasteiger partial charge is 0.331 e. The van der Waals surface area contributed by atoms with E-state index in [2.05, 4.69) is 15.2 Å². The Hall–Kier alpha value is -4.00. The number of nitrogens with zero attached hydrogens (tertiary/aromatic N) is 2. The molecule has 0 fully saturated rings. The summed E-state index contributed by atoms with van der Waals surface area (Å²) in [4.78, 5) is 15.3. The summed E-state index contributed by atoms with van der Waals surface area (Å²) in [5.74, 6) is -0.684.